The van der Waals surface area contributed by atoms with Crippen molar-refractivity contribution in [2.45, 2.75) is 58.8 Å². The molecule has 0 aromatic carbocycles. The number of rotatable bonds is 4. The minimum atomic E-state index is -0.738. The maximum Gasteiger partial charge on any atom is 0.317 e. The zero-order valence-corrected chi connectivity index (χ0v) is 13.9. The van der Waals surface area contributed by atoms with Crippen LogP contribution in [-0.2, 0) is 4.79 Å². The molecule has 1 aliphatic carbocycles. The van der Waals surface area contributed by atoms with E-state index < -0.39 is 5.97 Å². The minimum absolute atomic E-state index is 0.0345. The van der Waals surface area contributed by atoms with Crippen LogP contribution in [0.1, 0.15) is 58.8 Å². The number of piperidine rings is 1. The molecule has 2 aliphatic rings. The highest BCUT2D eigenvalue weighted by Gasteiger charge is 2.32. The van der Waals surface area contributed by atoms with Gasteiger partial charge in [0.2, 0.25) is 0 Å². The van der Waals surface area contributed by atoms with Crippen molar-refractivity contribution in [2.75, 3.05) is 19.6 Å². The lowest BCUT2D eigenvalue weighted by atomic mass is 9.71. The van der Waals surface area contributed by atoms with Crippen LogP contribution < -0.4 is 5.32 Å². The van der Waals surface area contributed by atoms with Gasteiger partial charge in [-0.15, -0.1) is 0 Å². The molecule has 0 unspecified atom stereocenters. The van der Waals surface area contributed by atoms with Crippen molar-refractivity contribution in [2.24, 2.45) is 17.3 Å². The Morgan fingerprint density at radius 1 is 1.09 bits per heavy atom. The summed E-state index contributed by atoms with van der Waals surface area (Å²) < 4.78 is 0. The molecule has 5 heteroatoms. The van der Waals surface area contributed by atoms with E-state index in [1.807, 2.05) is 0 Å². The van der Waals surface area contributed by atoms with Crippen LogP contribution in [0.15, 0.2) is 0 Å². The average Bonchev–Trinajstić information content (AvgIpc) is 2.53. The summed E-state index contributed by atoms with van der Waals surface area (Å²) in [6.07, 6.45) is 7.64. The zero-order valence-electron chi connectivity index (χ0n) is 13.9. The lowest BCUT2D eigenvalue weighted by Crippen LogP contribution is -2.48. The molecule has 2 rings (SSSR count). The summed E-state index contributed by atoms with van der Waals surface area (Å²) in [6, 6.07) is -0.0345. The van der Waals surface area contributed by atoms with Crippen LogP contribution in [0.5, 0.6) is 0 Å². The van der Waals surface area contributed by atoms with Crippen LogP contribution in [0.3, 0.4) is 0 Å². The topological polar surface area (TPSA) is 69.6 Å². The van der Waals surface area contributed by atoms with Crippen molar-refractivity contribution in [3.8, 4) is 0 Å². The first kappa shape index (κ1) is 17.1. The highest BCUT2D eigenvalue weighted by Crippen LogP contribution is 2.37. The number of nitrogens with zero attached hydrogens (tertiary/aromatic N) is 1. The minimum Gasteiger partial charge on any atom is -0.481 e. The molecule has 0 spiro atoms. The van der Waals surface area contributed by atoms with Gasteiger partial charge in [-0.25, -0.2) is 4.79 Å². The Bertz CT molecular complexity index is 395. The molecule has 0 bridgehead atoms. The third kappa shape index (κ3) is 4.37. The van der Waals surface area contributed by atoms with Crippen LogP contribution in [0, 0.1) is 17.3 Å². The Morgan fingerprint density at radius 2 is 1.68 bits per heavy atom. The standard InChI is InChI=1S/C17H30N2O3/c1-17(2,14-6-4-3-5-7-14)12-18-16(22)19-10-8-13(9-11-19)15(20)21/h13-14H,3-12H2,1-2H3,(H,18,22)(H,20,21). The number of nitrogens with one attached hydrogen (secondary N) is 1. The molecule has 22 heavy (non-hydrogen) atoms. The van der Waals surface area contributed by atoms with Crippen LogP contribution in [0.25, 0.3) is 0 Å². The number of carboxylic acids is 1. The van der Waals surface area contributed by atoms with E-state index in [9.17, 15) is 9.59 Å². The highest BCUT2D eigenvalue weighted by molar-refractivity contribution is 5.75. The fourth-order valence-corrected chi connectivity index (χ4v) is 3.77. The molecule has 0 aromatic rings. The lowest BCUT2D eigenvalue weighted by Gasteiger charge is -2.38. The molecule has 0 radical (unpaired) electrons. The van der Waals surface area contributed by atoms with Gasteiger partial charge in [0.05, 0.1) is 5.92 Å². The molecule has 1 saturated heterocycles. The van der Waals surface area contributed by atoms with E-state index in [0.717, 1.165) is 0 Å². The molecule has 2 N–H and O–H groups in total. The van der Waals surface area contributed by atoms with Gasteiger partial charge in [-0.3, -0.25) is 4.79 Å². The van der Waals surface area contributed by atoms with E-state index in [0.29, 0.717) is 38.4 Å². The maximum atomic E-state index is 12.3. The summed E-state index contributed by atoms with van der Waals surface area (Å²) in [7, 11) is 0. The van der Waals surface area contributed by atoms with Crippen molar-refractivity contribution in [3.63, 3.8) is 0 Å². The molecule has 126 valence electrons. The number of carbonyl (C=O) groups excluding carboxylic acids is 1. The first-order valence-electron chi connectivity index (χ1n) is 8.66. The van der Waals surface area contributed by atoms with E-state index in [2.05, 4.69) is 19.2 Å². The SMILES string of the molecule is CC(C)(CNC(=O)N1CCC(C(=O)O)CC1)C1CCCCC1. The number of carboxylic acid groups (broad SMARTS) is 1. The fourth-order valence-electron chi connectivity index (χ4n) is 3.77. The van der Waals surface area contributed by atoms with Gasteiger partial charge in [0, 0.05) is 19.6 Å². The van der Waals surface area contributed by atoms with Crippen molar-refractivity contribution in [1.29, 1.82) is 0 Å². The predicted molar refractivity (Wildman–Crippen MR) is 85.7 cm³/mol. The predicted octanol–water partition coefficient (Wildman–Crippen LogP) is 3.10. The van der Waals surface area contributed by atoms with Crippen LogP contribution >= 0.6 is 0 Å². The smallest absolute Gasteiger partial charge is 0.317 e. The second-order valence-electron chi connectivity index (χ2n) is 7.58. The molecule has 1 heterocycles. The normalized spacial score (nSPS) is 21.6. The molecular formula is C17H30N2O3. The Kier molecular flexibility index (Phi) is 5.70. The number of hydrogen-bond donors (Lipinski definition) is 2. The molecule has 2 amide bonds. The van der Waals surface area contributed by atoms with E-state index >= 15 is 0 Å². The zero-order chi connectivity index (χ0) is 16.2. The van der Waals surface area contributed by atoms with Crippen LogP contribution in [0.2, 0.25) is 0 Å². The van der Waals surface area contributed by atoms with Gasteiger partial charge in [-0.2, -0.15) is 0 Å². The molecule has 0 aromatic heterocycles. The van der Waals surface area contributed by atoms with Gasteiger partial charge in [0.25, 0.3) is 0 Å². The largest absolute Gasteiger partial charge is 0.481 e. The summed E-state index contributed by atoms with van der Waals surface area (Å²) in [6.45, 7) is 6.30. The second-order valence-corrected chi connectivity index (χ2v) is 7.58. The average molecular weight is 310 g/mol. The first-order valence-corrected chi connectivity index (χ1v) is 8.66. The van der Waals surface area contributed by atoms with E-state index in [4.69, 9.17) is 5.11 Å². The lowest BCUT2D eigenvalue weighted by molar-refractivity contribution is -0.143. The van der Waals surface area contributed by atoms with E-state index in [1.54, 1.807) is 4.90 Å². The summed E-state index contributed by atoms with van der Waals surface area (Å²) in [5.74, 6) is -0.333. The van der Waals surface area contributed by atoms with E-state index in [1.165, 1.54) is 32.1 Å². The Morgan fingerprint density at radius 3 is 2.23 bits per heavy atom. The summed E-state index contributed by atoms with van der Waals surface area (Å²) in [5, 5.41) is 12.1. The molecule has 2 fully saturated rings. The van der Waals surface area contributed by atoms with Gasteiger partial charge in [0.15, 0.2) is 0 Å². The van der Waals surface area contributed by atoms with Crippen molar-refractivity contribution < 1.29 is 14.7 Å². The molecule has 1 saturated carbocycles. The first-order chi connectivity index (χ1) is 10.4. The van der Waals surface area contributed by atoms with Gasteiger partial charge < -0.3 is 15.3 Å². The monoisotopic (exact) mass is 310 g/mol. The Hall–Kier alpha value is -1.26. The highest BCUT2D eigenvalue weighted by atomic mass is 16.4. The van der Waals surface area contributed by atoms with Crippen molar-refractivity contribution in [3.05, 3.63) is 0 Å². The Labute approximate surface area is 133 Å². The second kappa shape index (κ2) is 7.34. The molecule has 0 atom stereocenters. The Balaban J connectivity index is 1.76. The number of likely N-dealkylation sites (tertiary alicyclic amines) is 1. The molecular weight excluding hydrogens is 280 g/mol. The van der Waals surface area contributed by atoms with Gasteiger partial charge in [0.1, 0.15) is 0 Å². The molecule has 1 aliphatic heterocycles. The van der Waals surface area contributed by atoms with Gasteiger partial charge >= 0.3 is 12.0 Å². The fraction of sp³-hybridized carbons (Fsp3) is 0.882. The molecule has 5 nitrogen and oxygen atoms in total. The number of carbonyl (C=O) groups is 2. The van der Waals surface area contributed by atoms with Gasteiger partial charge in [-0.05, 0) is 37.0 Å². The third-order valence-electron chi connectivity index (χ3n) is 5.54. The number of hydrogen-bond acceptors (Lipinski definition) is 2. The number of urea groups is 1. The third-order valence-corrected chi connectivity index (χ3v) is 5.54. The van der Waals surface area contributed by atoms with E-state index in [-0.39, 0.29) is 17.4 Å². The number of amides is 2. The van der Waals surface area contributed by atoms with Crippen LogP contribution in [0.4, 0.5) is 4.79 Å². The number of aliphatic carboxylic acids is 1. The summed E-state index contributed by atoms with van der Waals surface area (Å²) in [5.41, 5.74) is 0.134. The van der Waals surface area contributed by atoms with Crippen molar-refractivity contribution in [1.82, 2.24) is 10.2 Å². The van der Waals surface area contributed by atoms with Gasteiger partial charge in [-0.1, -0.05) is 33.1 Å². The quantitative estimate of drug-likeness (QED) is 0.838. The summed E-state index contributed by atoms with van der Waals surface area (Å²) >= 11 is 0. The maximum absolute atomic E-state index is 12.3. The van der Waals surface area contributed by atoms with Crippen LogP contribution in [-0.4, -0.2) is 41.6 Å². The van der Waals surface area contributed by atoms with Crippen molar-refractivity contribution >= 4 is 12.0 Å². The summed E-state index contributed by atoms with van der Waals surface area (Å²) in [4.78, 5) is 25.0.